The van der Waals surface area contributed by atoms with E-state index in [4.69, 9.17) is 10.5 Å². The lowest BCUT2D eigenvalue weighted by atomic mass is 10.2. The Morgan fingerprint density at radius 1 is 1.42 bits per heavy atom. The van der Waals surface area contributed by atoms with Crippen LogP contribution < -0.4 is 10.5 Å². The lowest BCUT2D eigenvalue weighted by Gasteiger charge is -2.06. The molecule has 1 saturated carbocycles. The smallest absolute Gasteiger partial charge is 0.209 e. The molecule has 0 atom stereocenters. The molecule has 3 rings (SSSR count). The molecule has 1 aromatic carbocycles. The van der Waals surface area contributed by atoms with Crippen molar-refractivity contribution in [3.05, 3.63) is 23.8 Å². The summed E-state index contributed by atoms with van der Waals surface area (Å²) in [6.07, 6.45) is 2.34. The number of hydrogen-bond acceptors (Lipinski definition) is 6. The van der Waals surface area contributed by atoms with E-state index in [1.54, 1.807) is 18.9 Å². The summed E-state index contributed by atoms with van der Waals surface area (Å²) in [6.45, 7) is 0. The van der Waals surface area contributed by atoms with E-state index in [0.29, 0.717) is 11.7 Å². The van der Waals surface area contributed by atoms with Gasteiger partial charge >= 0.3 is 0 Å². The van der Waals surface area contributed by atoms with Gasteiger partial charge in [0.1, 0.15) is 5.75 Å². The summed E-state index contributed by atoms with van der Waals surface area (Å²) >= 11 is 1.62. The first-order valence-corrected chi connectivity index (χ1v) is 7.09. The van der Waals surface area contributed by atoms with Gasteiger partial charge in [0.25, 0.3) is 0 Å². The van der Waals surface area contributed by atoms with Crippen molar-refractivity contribution in [3.63, 3.8) is 0 Å². The van der Waals surface area contributed by atoms with Gasteiger partial charge < -0.3 is 10.5 Å². The van der Waals surface area contributed by atoms with E-state index in [1.807, 2.05) is 22.9 Å². The second-order valence-corrected chi connectivity index (χ2v) is 5.48. The summed E-state index contributed by atoms with van der Waals surface area (Å²) in [5.74, 6) is 1.55. The van der Waals surface area contributed by atoms with Crippen molar-refractivity contribution in [3.8, 4) is 5.75 Å². The van der Waals surface area contributed by atoms with Gasteiger partial charge in [-0.1, -0.05) is 11.8 Å². The van der Waals surface area contributed by atoms with Crippen molar-refractivity contribution < 1.29 is 4.74 Å². The molecule has 6 nitrogen and oxygen atoms in total. The maximum Gasteiger partial charge on any atom is 0.209 e. The maximum absolute atomic E-state index is 5.84. The van der Waals surface area contributed by atoms with Gasteiger partial charge in [-0.3, -0.25) is 0 Å². The van der Waals surface area contributed by atoms with Gasteiger partial charge in [-0.2, -0.15) is 0 Å². The number of hydrogen-bond donors (Lipinski definition) is 1. The van der Waals surface area contributed by atoms with Crippen LogP contribution in [0, 0.1) is 0 Å². The predicted molar refractivity (Wildman–Crippen MR) is 73.1 cm³/mol. The molecule has 0 radical (unpaired) electrons. The Kier molecular flexibility index (Phi) is 3.29. The van der Waals surface area contributed by atoms with E-state index in [-0.39, 0.29) is 0 Å². The first-order chi connectivity index (χ1) is 9.26. The zero-order chi connectivity index (χ0) is 13.2. The van der Waals surface area contributed by atoms with Crippen molar-refractivity contribution in [1.29, 1.82) is 0 Å². The first-order valence-electron chi connectivity index (χ1n) is 6.10. The molecule has 0 amide bonds. The Balaban J connectivity index is 1.71. The van der Waals surface area contributed by atoms with Crippen molar-refractivity contribution in [2.45, 2.75) is 29.8 Å². The molecule has 0 aliphatic heterocycles. The average Bonchev–Trinajstić information content (AvgIpc) is 3.14. The number of anilines is 1. The molecule has 19 heavy (non-hydrogen) atoms. The van der Waals surface area contributed by atoms with Gasteiger partial charge in [-0.25, -0.2) is 4.68 Å². The molecule has 1 aliphatic rings. The molecule has 100 valence electrons. The zero-order valence-electron chi connectivity index (χ0n) is 10.6. The van der Waals surface area contributed by atoms with E-state index in [1.165, 1.54) is 12.8 Å². The minimum Gasteiger partial charge on any atom is -0.497 e. The van der Waals surface area contributed by atoms with E-state index >= 15 is 0 Å². The van der Waals surface area contributed by atoms with Gasteiger partial charge in [0.05, 0.1) is 13.2 Å². The number of nitrogens with two attached hydrogens (primary N) is 1. The van der Waals surface area contributed by atoms with Crippen LogP contribution in [-0.2, 0) is 5.75 Å². The molecule has 0 bridgehead atoms. The average molecular weight is 277 g/mol. The van der Waals surface area contributed by atoms with E-state index in [0.717, 1.165) is 22.2 Å². The fourth-order valence-electron chi connectivity index (χ4n) is 1.86. The number of nitrogen functional groups attached to an aromatic ring is 1. The summed E-state index contributed by atoms with van der Waals surface area (Å²) in [5, 5.41) is 12.7. The number of ether oxygens (including phenoxy) is 1. The summed E-state index contributed by atoms with van der Waals surface area (Å²) in [7, 11) is 1.64. The summed E-state index contributed by atoms with van der Waals surface area (Å²) in [5.41, 5.74) is 7.65. The van der Waals surface area contributed by atoms with Crippen LogP contribution in [-0.4, -0.2) is 27.3 Å². The van der Waals surface area contributed by atoms with Crippen LogP contribution in [0.25, 0.3) is 0 Å². The van der Waals surface area contributed by atoms with Crippen LogP contribution >= 0.6 is 11.8 Å². The van der Waals surface area contributed by atoms with Crippen LogP contribution in [0.5, 0.6) is 5.75 Å². The van der Waals surface area contributed by atoms with Crippen LogP contribution in [0.4, 0.5) is 5.69 Å². The highest BCUT2D eigenvalue weighted by Gasteiger charge is 2.27. The third-order valence-electron chi connectivity index (χ3n) is 2.95. The summed E-state index contributed by atoms with van der Waals surface area (Å²) < 4.78 is 7.12. The standard InChI is InChI=1S/C12H15N5OS/c1-18-11-5-8(4-9(13)6-11)7-19-12-14-15-16-17(12)10-2-3-10/h4-6,10H,2-3,7,13H2,1H3. The van der Waals surface area contributed by atoms with Crippen LogP contribution in [0.1, 0.15) is 24.4 Å². The number of methoxy groups -OCH3 is 1. The molecular weight excluding hydrogens is 262 g/mol. The monoisotopic (exact) mass is 277 g/mol. The summed E-state index contributed by atoms with van der Waals surface area (Å²) in [6, 6.07) is 6.23. The van der Waals surface area contributed by atoms with Crippen molar-refractivity contribution in [1.82, 2.24) is 20.2 Å². The molecule has 1 aromatic heterocycles. The lowest BCUT2D eigenvalue weighted by Crippen LogP contribution is -1.99. The number of nitrogens with zero attached hydrogens (tertiary/aromatic N) is 4. The molecule has 0 spiro atoms. The highest BCUT2D eigenvalue weighted by molar-refractivity contribution is 7.98. The Morgan fingerprint density at radius 3 is 3.00 bits per heavy atom. The van der Waals surface area contributed by atoms with Crippen LogP contribution in [0.15, 0.2) is 23.4 Å². The van der Waals surface area contributed by atoms with Gasteiger partial charge in [0.2, 0.25) is 5.16 Å². The molecule has 1 heterocycles. The minimum absolute atomic E-state index is 0.493. The van der Waals surface area contributed by atoms with Gasteiger partial charge in [-0.15, -0.1) is 5.10 Å². The van der Waals surface area contributed by atoms with Gasteiger partial charge in [0.15, 0.2) is 0 Å². The Bertz CT molecular complexity index is 581. The Hall–Kier alpha value is -1.76. The van der Waals surface area contributed by atoms with Gasteiger partial charge in [-0.05, 0) is 41.0 Å². The molecular formula is C12H15N5OS. The first kappa shape index (κ1) is 12.3. The molecule has 0 saturated heterocycles. The highest BCUT2D eigenvalue weighted by atomic mass is 32.2. The van der Waals surface area contributed by atoms with E-state index < -0.39 is 0 Å². The molecule has 7 heteroatoms. The van der Waals surface area contributed by atoms with Crippen molar-refractivity contribution >= 4 is 17.4 Å². The maximum atomic E-state index is 5.84. The lowest BCUT2D eigenvalue weighted by molar-refractivity contribution is 0.414. The predicted octanol–water partition coefficient (Wildman–Crippen LogP) is 1.89. The SMILES string of the molecule is COc1cc(N)cc(CSc2nnnn2C2CC2)c1. The minimum atomic E-state index is 0.493. The molecule has 1 fully saturated rings. The van der Waals surface area contributed by atoms with Crippen molar-refractivity contribution in [2.24, 2.45) is 0 Å². The highest BCUT2D eigenvalue weighted by Crippen LogP contribution is 2.37. The molecule has 2 aromatic rings. The Morgan fingerprint density at radius 2 is 2.26 bits per heavy atom. The largest absolute Gasteiger partial charge is 0.497 e. The summed E-state index contributed by atoms with van der Waals surface area (Å²) in [4.78, 5) is 0. The number of benzene rings is 1. The number of thioether (sulfide) groups is 1. The fraction of sp³-hybridized carbons (Fsp3) is 0.417. The number of tetrazole rings is 1. The van der Waals surface area contributed by atoms with Crippen LogP contribution in [0.3, 0.4) is 0 Å². The molecule has 2 N–H and O–H groups in total. The normalized spacial score (nSPS) is 14.6. The van der Waals surface area contributed by atoms with Crippen LogP contribution in [0.2, 0.25) is 0 Å². The second-order valence-electron chi connectivity index (χ2n) is 4.54. The zero-order valence-corrected chi connectivity index (χ0v) is 11.4. The Labute approximate surface area is 115 Å². The third kappa shape index (κ3) is 2.81. The molecule has 1 aliphatic carbocycles. The number of rotatable bonds is 5. The van der Waals surface area contributed by atoms with E-state index in [2.05, 4.69) is 15.5 Å². The van der Waals surface area contributed by atoms with Gasteiger partial charge in [0, 0.05) is 17.5 Å². The topological polar surface area (TPSA) is 78.8 Å². The number of aromatic nitrogens is 4. The third-order valence-corrected chi connectivity index (χ3v) is 3.95. The van der Waals surface area contributed by atoms with E-state index in [9.17, 15) is 0 Å². The molecule has 0 unspecified atom stereocenters. The second kappa shape index (κ2) is 5.08. The van der Waals surface area contributed by atoms with Crippen molar-refractivity contribution in [2.75, 3.05) is 12.8 Å². The quantitative estimate of drug-likeness (QED) is 0.664. The fourth-order valence-corrected chi connectivity index (χ4v) is 2.74.